The maximum atomic E-state index is 13.3. The van der Waals surface area contributed by atoms with E-state index in [2.05, 4.69) is 15.7 Å². The van der Waals surface area contributed by atoms with Gasteiger partial charge >= 0.3 is 0 Å². The lowest BCUT2D eigenvalue weighted by Gasteiger charge is -2.27. The predicted molar refractivity (Wildman–Crippen MR) is 129 cm³/mol. The molecule has 4 heterocycles. The van der Waals surface area contributed by atoms with Crippen molar-refractivity contribution in [2.75, 3.05) is 6.54 Å². The molecule has 184 valence electrons. The van der Waals surface area contributed by atoms with Crippen LogP contribution in [-0.2, 0) is 17.8 Å². The quantitative estimate of drug-likeness (QED) is 0.495. The molecule has 0 aromatic carbocycles. The number of aromatic nitrogens is 5. The number of amides is 2. The van der Waals surface area contributed by atoms with E-state index in [0.717, 1.165) is 36.4 Å². The molecule has 1 saturated heterocycles. The molecule has 2 saturated carbocycles. The van der Waals surface area contributed by atoms with E-state index in [1.54, 1.807) is 16.9 Å². The third kappa shape index (κ3) is 4.56. The molecule has 35 heavy (non-hydrogen) atoms. The van der Waals surface area contributed by atoms with Crippen molar-refractivity contribution in [1.82, 2.24) is 35.0 Å². The largest absolute Gasteiger partial charge is 0.356 e. The molecule has 9 nitrogen and oxygen atoms in total. The summed E-state index contributed by atoms with van der Waals surface area (Å²) < 4.78 is 3.55. The van der Waals surface area contributed by atoms with Gasteiger partial charge in [0, 0.05) is 31.6 Å². The summed E-state index contributed by atoms with van der Waals surface area (Å²) >= 11 is 0. The van der Waals surface area contributed by atoms with Crippen molar-refractivity contribution < 1.29 is 9.59 Å². The normalized spacial score (nSPS) is 21.3. The second kappa shape index (κ2) is 9.09. The first-order valence-corrected chi connectivity index (χ1v) is 13.1. The number of aryl methyl sites for hydroxylation is 1. The van der Waals surface area contributed by atoms with E-state index >= 15 is 0 Å². The highest BCUT2D eigenvalue weighted by Crippen LogP contribution is 2.54. The molecule has 2 amide bonds. The Labute approximate surface area is 204 Å². The smallest absolute Gasteiger partial charge is 0.270 e. The molecule has 0 radical (unpaired) electrons. The van der Waals surface area contributed by atoms with Gasteiger partial charge in [0.1, 0.15) is 5.69 Å². The van der Waals surface area contributed by atoms with E-state index in [9.17, 15) is 9.59 Å². The lowest BCUT2D eigenvalue weighted by molar-refractivity contribution is -0.126. The van der Waals surface area contributed by atoms with Crippen LogP contribution in [0, 0.1) is 23.7 Å². The van der Waals surface area contributed by atoms with Crippen LogP contribution in [0.15, 0.2) is 30.6 Å². The molecule has 3 aromatic rings. The summed E-state index contributed by atoms with van der Waals surface area (Å²) in [5.41, 5.74) is 3.10. The molecular weight excluding hydrogens is 442 g/mol. The molecule has 2 N–H and O–H groups in total. The molecule has 3 aliphatic rings. The fraction of sp³-hybridized carbons (Fsp3) is 0.577. The highest BCUT2D eigenvalue weighted by molar-refractivity contribution is 5.92. The molecular formula is C26H33N7O2. The average molecular weight is 476 g/mol. The first-order valence-electron chi connectivity index (χ1n) is 13.1. The highest BCUT2D eigenvalue weighted by atomic mass is 16.2. The number of rotatable bonds is 9. The lowest BCUT2D eigenvalue weighted by Crippen LogP contribution is -2.37. The molecule has 0 spiro atoms. The number of nitrogens with zero attached hydrogens (tertiary/aromatic N) is 5. The molecule has 3 aromatic heterocycles. The van der Waals surface area contributed by atoms with Gasteiger partial charge in [0.2, 0.25) is 5.91 Å². The number of fused-ring (bicyclic) bond motifs is 1. The molecule has 2 aliphatic carbocycles. The van der Waals surface area contributed by atoms with Crippen LogP contribution in [0.4, 0.5) is 0 Å². The van der Waals surface area contributed by atoms with Crippen LogP contribution in [-0.4, -0.2) is 42.7 Å². The molecule has 2 atom stereocenters. The maximum Gasteiger partial charge on any atom is 0.270 e. The van der Waals surface area contributed by atoms with Crippen molar-refractivity contribution in [3.8, 4) is 0 Å². The van der Waals surface area contributed by atoms with Crippen LogP contribution >= 0.6 is 0 Å². The van der Waals surface area contributed by atoms with E-state index in [4.69, 9.17) is 10.1 Å². The summed E-state index contributed by atoms with van der Waals surface area (Å²) in [7, 11) is 0. The van der Waals surface area contributed by atoms with Crippen molar-refractivity contribution in [3.63, 3.8) is 0 Å². The fourth-order valence-corrected chi connectivity index (χ4v) is 5.73. The summed E-state index contributed by atoms with van der Waals surface area (Å²) in [6, 6.07) is 5.57. The standard InChI is InChI=1S/C26H33N7O2/c1-2-32-21(11-13-28-32)26(35)30-24(23(16-5-6-16)17-7-8-17)20-15-33-22(29-20)10-9-19(31-33)14-18-4-3-12-27-25(18)34/h9-11,13,15-18,23-24H,2-8,12,14H2,1H3,(H,27,34)(H,30,35)/t18-,24?/m0/s1. The van der Waals surface area contributed by atoms with Crippen LogP contribution in [0.1, 0.15) is 73.4 Å². The first kappa shape index (κ1) is 22.2. The summed E-state index contributed by atoms with van der Waals surface area (Å²) in [6.45, 7) is 3.40. The molecule has 3 fully saturated rings. The number of nitrogens with one attached hydrogen (secondary N) is 2. The average Bonchev–Trinajstić information content (AvgIpc) is 3.79. The van der Waals surface area contributed by atoms with Gasteiger partial charge in [-0.3, -0.25) is 14.3 Å². The lowest BCUT2D eigenvalue weighted by atomic mass is 9.87. The minimum absolute atomic E-state index is 0.0266. The Balaban J connectivity index is 1.29. The topological polar surface area (TPSA) is 106 Å². The van der Waals surface area contributed by atoms with E-state index in [-0.39, 0.29) is 23.8 Å². The van der Waals surface area contributed by atoms with Crippen LogP contribution < -0.4 is 10.6 Å². The Kier molecular flexibility index (Phi) is 5.78. The zero-order chi connectivity index (χ0) is 23.9. The van der Waals surface area contributed by atoms with Gasteiger partial charge < -0.3 is 10.6 Å². The van der Waals surface area contributed by atoms with Gasteiger partial charge in [0.25, 0.3) is 5.91 Å². The summed E-state index contributed by atoms with van der Waals surface area (Å²) in [4.78, 5) is 30.5. The van der Waals surface area contributed by atoms with Gasteiger partial charge in [-0.2, -0.15) is 10.2 Å². The van der Waals surface area contributed by atoms with E-state index < -0.39 is 0 Å². The van der Waals surface area contributed by atoms with Crippen molar-refractivity contribution in [1.29, 1.82) is 0 Å². The summed E-state index contributed by atoms with van der Waals surface area (Å²) in [6.07, 6.45) is 11.1. The Morgan fingerprint density at radius 1 is 1.17 bits per heavy atom. The maximum absolute atomic E-state index is 13.3. The number of carbonyl (C=O) groups excluding carboxylic acids is 2. The van der Waals surface area contributed by atoms with Gasteiger partial charge in [-0.05, 0) is 81.4 Å². The minimum Gasteiger partial charge on any atom is -0.356 e. The van der Waals surface area contributed by atoms with Crippen LogP contribution in [0.2, 0.25) is 0 Å². The van der Waals surface area contributed by atoms with E-state index in [1.165, 1.54) is 25.7 Å². The van der Waals surface area contributed by atoms with Gasteiger partial charge in [-0.1, -0.05) is 0 Å². The van der Waals surface area contributed by atoms with Gasteiger partial charge in [-0.15, -0.1) is 0 Å². The number of hydrogen-bond donors (Lipinski definition) is 2. The van der Waals surface area contributed by atoms with Gasteiger partial charge in [0.15, 0.2) is 5.65 Å². The SMILES string of the molecule is CCn1nccc1C(=O)NC(c1cn2nc(C[C@@H]3CCCNC3=O)ccc2n1)C(C1CC1)C1CC1. The molecule has 9 heteroatoms. The molecule has 1 unspecified atom stereocenters. The van der Waals surface area contributed by atoms with Crippen LogP contribution in [0.25, 0.3) is 5.65 Å². The Hall–Kier alpha value is -3.23. The zero-order valence-corrected chi connectivity index (χ0v) is 20.2. The second-order valence-corrected chi connectivity index (χ2v) is 10.4. The highest BCUT2D eigenvalue weighted by Gasteiger charge is 2.47. The van der Waals surface area contributed by atoms with E-state index in [0.29, 0.717) is 36.4 Å². The van der Waals surface area contributed by atoms with Crippen molar-refractivity contribution in [3.05, 3.63) is 47.7 Å². The summed E-state index contributed by atoms with van der Waals surface area (Å²) in [5, 5.41) is 15.4. The minimum atomic E-state index is -0.156. The third-order valence-electron chi connectivity index (χ3n) is 7.82. The monoisotopic (exact) mass is 475 g/mol. The van der Waals surface area contributed by atoms with Gasteiger partial charge in [0.05, 0.1) is 23.6 Å². The van der Waals surface area contributed by atoms with Crippen molar-refractivity contribution >= 4 is 17.5 Å². The predicted octanol–water partition coefficient (Wildman–Crippen LogP) is 2.92. The van der Waals surface area contributed by atoms with Crippen molar-refractivity contribution in [2.45, 2.75) is 64.5 Å². The van der Waals surface area contributed by atoms with E-state index in [1.807, 2.05) is 29.8 Å². The molecule has 0 bridgehead atoms. The van der Waals surface area contributed by atoms with Gasteiger partial charge in [-0.25, -0.2) is 9.50 Å². The molecule has 6 rings (SSSR count). The first-order chi connectivity index (χ1) is 17.1. The van der Waals surface area contributed by atoms with Crippen LogP contribution in [0.3, 0.4) is 0 Å². The number of hydrogen-bond acceptors (Lipinski definition) is 5. The summed E-state index contributed by atoms with van der Waals surface area (Å²) in [5.74, 6) is 1.67. The third-order valence-corrected chi connectivity index (χ3v) is 7.82. The second-order valence-electron chi connectivity index (χ2n) is 10.4. The Morgan fingerprint density at radius 3 is 2.69 bits per heavy atom. The molecule has 1 aliphatic heterocycles. The number of piperidine rings is 1. The Bertz CT molecular complexity index is 1230. The van der Waals surface area contributed by atoms with Crippen LogP contribution in [0.5, 0.6) is 0 Å². The zero-order valence-electron chi connectivity index (χ0n) is 20.2. The number of carbonyl (C=O) groups is 2. The van der Waals surface area contributed by atoms with Crippen molar-refractivity contribution in [2.24, 2.45) is 23.7 Å². The fourth-order valence-electron chi connectivity index (χ4n) is 5.73. The Morgan fingerprint density at radius 2 is 1.97 bits per heavy atom. The number of imidazole rings is 1.